The van der Waals surface area contributed by atoms with Gasteiger partial charge in [0.05, 0.1) is 0 Å². The molecule has 0 amide bonds. The van der Waals surface area contributed by atoms with E-state index in [4.69, 9.17) is 15.3 Å². The highest BCUT2D eigenvalue weighted by atomic mass is 16.4. The van der Waals surface area contributed by atoms with Crippen LogP contribution in [0.5, 0.6) is 0 Å². The maximum Gasteiger partial charge on any atom is 0.354 e. The van der Waals surface area contributed by atoms with E-state index in [0.29, 0.717) is 12.2 Å². The van der Waals surface area contributed by atoms with Crippen LogP contribution in [0.3, 0.4) is 0 Å². The van der Waals surface area contributed by atoms with Crippen LogP contribution in [-0.2, 0) is 9.59 Å². The van der Waals surface area contributed by atoms with Gasteiger partial charge in [-0.15, -0.1) is 0 Å². The Morgan fingerprint density at radius 1 is 1.06 bits per heavy atom. The van der Waals surface area contributed by atoms with Crippen molar-refractivity contribution in [1.82, 2.24) is 9.97 Å². The summed E-state index contributed by atoms with van der Waals surface area (Å²) in [6.45, 7) is 0. The van der Waals surface area contributed by atoms with Crippen LogP contribution in [0.25, 0.3) is 0 Å². The number of nitrogens with zero attached hydrogens (tertiary/aromatic N) is 2. The van der Waals surface area contributed by atoms with Crippen molar-refractivity contribution in [2.24, 2.45) is 0 Å². The first-order valence-electron chi connectivity index (χ1n) is 4.06. The van der Waals surface area contributed by atoms with E-state index in [1.807, 2.05) is 0 Å². The number of aromatic nitrogens is 2. The van der Waals surface area contributed by atoms with E-state index in [1.165, 1.54) is 18.6 Å². The maximum absolute atomic E-state index is 10.1. The van der Waals surface area contributed by atoms with E-state index >= 15 is 0 Å². The molecule has 0 fully saturated rings. The van der Waals surface area contributed by atoms with Gasteiger partial charge in [-0.05, 0) is 6.07 Å². The molecule has 90 valence electrons. The van der Waals surface area contributed by atoms with Crippen molar-refractivity contribution in [3.63, 3.8) is 0 Å². The molecule has 0 unspecified atom stereocenters. The van der Waals surface area contributed by atoms with Crippen molar-refractivity contribution in [1.29, 1.82) is 0 Å². The third-order valence-corrected chi connectivity index (χ3v) is 1.17. The smallest absolute Gasteiger partial charge is 0.354 e. The van der Waals surface area contributed by atoms with Gasteiger partial charge >= 0.3 is 17.9 Å². The lowest BCUT2D eigenvalue weighted by Crippen LogP contribution is -1.98. The zero-order chi connectivity index (χ0) is 13.3. The quantitative estimate of drug-likeness (QED) is 0.622. The number of carbonyl (C=O) groups is 3. The monoisotopic (exact) mass is 240 g/mol. The van der Waals surface area contributed by atoms with Gasteiger partial charge in [-0.25, -0.2) is 24.4 Å². The zero-order valence-corrected chi connectivity index (χ0v) is 8.35. The van der Waals surface area contributed by atoms with Gasteiger partial charge in [0, 0.05) is 18.3 Å². The lowest BCUT2D eigenvalue weighted by molar-refractivity contribution is -0.134. The van der Waals surface area contributed by atoms with E-state index < -0.39 is 17.9 Å². The van der Waals surface area contributed by atoms with Gasteiger partial charge in [0.25, 0.3) is 0 Å². The first kappa shape index (κ1) is 14.2. The first-order valence-corrected chi connectivity index (χ1v) is 4.06. The highest BCUT2D eigenvalue weighted by molar-refractivity contribution is 5.89. The molecule has 0 aliphatic heterocycles. The van der Waals surface area contributed by atoms with Crippen LogP contribution in [0, 0.1) is 0 Å². The van der Waals surface area contributed by atoms with Crippen molar-refractivity contribution >= 4 is 17.9 Å². The standard InChI is InChI=1S/C5H4N2O2.C4H4O4/c8-5(9)4-1-2-6-3-7-4;5-3(6)1-2-4(7)8/h1-3H,(H,8,9);1-2H,(H,5,6)(H,7,8)/b;2-1-. The topological polar surface area (TPSA) is 138 Å². The minimum atomic E-state index is -1.26. The lowest BCUT2D eigenvalue weighted by atomic mass is 10.4. The third kappa shape index (κ3) is 8.24. The lowest BCUT2D eigenvalue weighted by Gasteiger charge is -1.86. The first-order chi connectivity index (χ1) is 7.93. The van der Waals surface area contributed by atoms with Gasteiger partial charge in [0.1, 0.15) is 6.33 Å². The highest BCUT2D eigenvalue weighted by Crippen LogP contribution is 1.87. The molecular weight excluding hydrogens is 232 g/mol. The number of aromatic carboxylic acids is 1. The summed E-state index contributed by atoms with van der Waals surface area (Å²) in [7, 11) is 0. The van der Waals surface area contributed by atoms with Gasteiger partial charge in [0.15, 0.2) is 5.69 Å². The molecule has 0 atom stereocenters. The molecule has 0 bridgehead atoms. The molecule has 0 saturated carbocycles. The summed E-state index contributed by atoms with van der Waals surface area (Å²) in [5, 5.41) is 23.9. The number of rotatable bonds is 3. The van der Waals surface area contributed by atoms with E-state index in [2.05, 4.69) is 9.97 Å². The number of aliphatic carboxylic acids is 2. The molecule has 0 saturated heterocycles. The molecule has 1 heterocycles. The third-order valence-electron chi connectivity index (χ3n) is 1.17. The molecule has 8 heteroatoms. The molecular formula is C9H8N2O6. The summed E-state index contributed by atoms with van der Waals surface area (Å²) in [6.07, 6.45) is 3.70. The van der Waals surface area contributed by atoms with Gasteiger partial charge < -0.3 is 15.3 Å². The normalized spacial score (nSPS) is 9.18. The predicted octanol–water partition coefficient (Wildman–Crippen LogP) is -0.113. The van der Waals surface area contributed by atoms with E-state index in [1.54, 1.807) is 0 Å². The Hall–Kier alpha value is -2.77. The average Bonchev–Trinajstić information content (AvgIpc) is 2.28. The molecule has 8 nitrogen and oxygen atoms in total. The molecule has 0 aliphatic rings. The number of carboxylic acids is 3. The Balaban J connectivity index is 0.000000304. The van der Waals surface area contributed by atoms with Gasteiger partial charge in [-0.1, -0.05) is 0 Å². The van der Waals surface area contributed by atoms with Gasteiger partial charge in [-0.2, -0.15) is 0 Å². The molecule has 1 rings (SSSR count). The SMILES string of the molecule is O=C(O)/C=C\C(=O)O.O=C(O)c1ccncn1. The summed E-state index contributed by atoms with van der Waals surface area (Å²) in [5.74, 6) is -3.54. The average molecular weight is 240 g/mol. The fraction of sp³-hybridized carbons (Fsp3) is 0. The van der Waals surface area contributed by atoms with Crippen LogP contribution in [0.2, 0.25) is 0 Å². The van der Waals surface area contributed by atoms with Crippen molar-refractivity contribution in [2.45, 2.75) is 0 Å². The van der Waals surface area contributed by atoms with E-state index in [9.17, 15) is 14.4 Å². The molecule has 17 heavy (non-hydrogen) atoms. The zero-order valence-electron chi connectivity index (χ0n) is 8.35. The van der Waals surface area contributed by atoms with Crippen molar-refractivity contribution in [2.75, 3.05) is 0 Å². The van der Waals surface area contributed by atoms with E-state index in [0.717, 1.165) is 0 Å². The Bertz CT molecular complexity index is 412. The largest absolute Gasteiger partial charge is 0.478 e. The maximum atomic E-state index is 10.1. The summed E-state index contributed by atoms with van der Waals surface area (Å²) in [4.78, 5) is 36.2. The molecule has 1 aromatic heterocycles. The van der Waals surface area contributed by atoms with Gasteiger partial charge in [0.2, 0.25) is 0 Å². The number of carboxylic acid groups (broad SMARTS) is 3. The summed E-state index contributed by atoms with van der Waals surface area (Å²) in [5.41, 5.74) is 0.0185. The molecule has 0 radical (unpaired) electrons. The van der Waals surface area contributed by atoms with Crippen molar-refractivity contribution < 1.29 is 29.7 Å². The fourth-order valence-corrected chi connectivity index (χ4v) is 0.560. The second-order valence-electron chi connectivity index (χ2n) is 2.41. The van der Waals surface area contributed by atoms with Crippen LogP contribution in [0.1, 0.15) is 10.5 Å². The Kier molecular flexibility index (Phi) is 6.29. The summed E-state index contributed by atoms with van der Waals surface area (Å²) in [6, 6.07) is 1.34. The second-order valence-corrected chi connectivity index (χ2v) is 2.41. The summed E-state index contributed by atoms with van der Waals surface area (Å²) >= 11 is 0. The van der Waals surface area contributed by atoms with Crippen molar-refractivity contribution in [3.8, 4) is 0 Å². The number of hydrogen-bond donors (Lipinski definition) is 3. The number of hydrogen-bond acceptors (Lipinski definition) is 5. The minimum Gasteiger partial charge on any atom is -0.478 e. The molecule has 0 spiro atoms. The van der Waals surface area contributed by atoms with Crippen LogP contribution >= 0.6 is 0 Å². The van der Waals surface area contributed by atoms with Crippen molar-refractivity contribution in [3.05, 3.63) is 36.4 Å². The van der Waals surface area contributed by atoms with Crippen LogP contribution < -0.4 is 0 Å². The minimum absolute atomic E-state index is 0.0185. The van der Waals surface area contributed by atoms with Crippen LogP contribution in [0.15, 0.2) is 30.7 Å². The summed E-state index contributed by atoms with van der Waals surface area (Å²) < 4.78 is 0. The van der Waals surface area contributed by atoms with Crippen LogP contribution in [0.4, 0.5) is 0 Å². The fourth-order valence-electron chi connectivity index (χ4n) is 0.560. The Morgan fingerprint density at radius 3 is 1.82 bits per heavy atom. The molecule has 0 aromatic carbocycles. The Labute approximate surface area is 94.9 Å². The van der Waals surface area contributed by atoms with Crippen LogP contribution in [-0.4, -0.2) is 43.2 Å². The Morgan fingerprint density at radius 2 is 1.59 bits per heavy atom. The molecule has 3 N–H and O–H groups in total. The highest BCUT2D eigenvalue weighted by Gasteiger charge is 1.99. The van der Waals surface area contributed by atoms with Gasteiger partial charge in [-0.3, -0.25) is 0 Å². The predicted molar refractivity (Wildman–Crippen MR) is 53.4 cm³/mol. The van der Waals surface area contributed by atoms with E-state index in [-0.39, 0.29) is 5.69 Å². The molecule has 0 aliphatic carbocycles. The second kappa shape index (κ2) is 7.51. The molecule has 1 aromatic rings.